The Morgan fingerprint density at radius 3 is 1.09 bits per heavy atom. The molecule has 0 N–H and O–H groups in total. The van der Waals surface area contributed by atoms with Crippen molar-refractivity contribution in [1.29, 1.82) is 0 Å². The fourth-order valence-corrected chi connectivity index (χ4v) is 6.38. The van der Waals surface area contributed by atoms with Gasteiger partial charge in [-0.25, -0.2) is 0 Å². The number of rotatable bonds is 2. The molecule has 112 valence electrons. The lowest BCUT2D eigenvalue weighted by Crippen LogP contribution is -2.33. The molecule has 0 heterocycles. The first-order chi connectivity index (χ1) is 10.9. The van der Waals surface area contributed by atoms with Gasteiger partial charge in [0, 0.05) is 0 Å². The Labute approximate surface area is 133 Å². The summed E-state index contributed by atoms with van der Waals surface area (Å²) in [5.41, 5.74) is 3.25. The molecule has 0 heteroatoms. The maximum atomic E-state index is 2.39. The van der Waals surface area contributed by atoms with Gasteiger partial charge >= 0.3 is 0 Å². The van der Waals surface area contributed by atoms with E-state index >= 15 is 0 Å². The molecule has 2 aromatic carbocycles. The van der Waals surface area contributed by atoms with E-state index < -0.39 is 0 Å². The Bertz CT molecular complexity index is 565. The fourth-order valence-electron chi connectivity index (χ4n) is 6.38. The summed E-state index contributed by atoms with van der Waals surface area (Å²) in [6, 6.07) is 22.8. The molecule has 5 rings (SSSR count). The van der Waals surface area contributed by atoms with E-state index in [1.807, 2.05) is 0 Å². The van der Waals surface area contributed by atoms with Crippen molar-refractivity contribution < 1.29 is 0 Å². The van der Waals surface area contributed by atoms with E-state index in [2.05, 4.69) is 60.7 Å². The molecule has 0 spiro atoms. The second-order valence-electron chi connectivity index (χ2n) is 7.68. The summed E-state index contributed by atoms with van der Waals surface area (Å²) in [6.07, 6.45) is 5.87. The van der Waals surface area contributed by atoms with Crippen LogP contribution >= 0.6 is 0 Å². The highest BCUT2D eigenvalue weighted by Crippen LogP contribution is 2.67. The third-order valence-electron chi connectivity index (χ3n) is 6.98. The Morgan fingerprint density at radius 1 is 0.455 bits per heavy atom. The van der Waals surface area contributed by atoms with Crippen molar-refractivity contribution in [2.75, 3.05) is 0 Å². The summed E-state index contributed by atoms with van der Waals surface area (Å²) in [7, 11) is 0. The number of fused-ring (bicyclic) bond motifs is 6. The van der Waals surface area contributed by atoms with Crippen LogP contribution in [0.4, 0.5) is 0 Å². The maximum Gasteiger partial charge on any atom is -0.00995 e. The minimum atomic E-state index is 0.846. The Kier molecular flexibility index (Phi) is 2.93. The molecule has 2 aromatic rings. The lowest BCUT2D eigenvalue weighted by molar-refractivity contribution is 0.168. The molecular weight excluding hydrogens is 264 g/mol. The Hall–Kier alpha value is -1.56. The predicted molar refractivity (Wildman–Crippen MR) is 90.8 cm³/mol. The van der Waals surface area contributed by atoms with Crippen molar-refractivity contribution in [1.82, 2.24) is 0 Å². The molecule has 0 aliphatic heterocycles. The van der Waals surface area contributed by atoms with Crippen LogP contribution in [0.25, 0.3) is 0 Å². The zero-order valence-electron chi connectivity index (χ0n) is 13.1. The largest absolute Gasteiger partial charge is 0.0622 e. The standard InChI is InChI=1S/C22H24/c1-3-7-15(8-4-1)21-17-11-12-18(21)20-14-13-19(17)22(20)16-9-5-2-6-10-16/h1-10,17-22H,11-14H2/t17-,18-,19-,20-,21?,22?/m0/s1. The van der Waals surface area contributed by atoms with Crippen molar-refractivity contribution in [3.63, 3.8) is 0 Å². The molecule has 22 heavy (non-hydrogen) atoms. The Balaban J connectivity index is 1.55. The summed E-state index contributed by atoms with van der Waals surface area (Å²) in [5, 5.41) is 0. The highest BCUT2D eigenvalue weighted by atomic mass is 14.6. The third kappa shape index (κ3) is 1.76. The summed E-state index contributed by atoms with van der Waals surface area (Å²) in [6.45, 7) is 0. The zero-order chi connectivity index (χ0) is 14.5. The van der Waals surface area contributed by atoms with Gasteiger partial charge in [-0.1, -0.05) is 60.7 Å². The molecule has 0 nitrogen and oxygen atoms in total. The number of hydrogen-bond acceptors (Lipinski definition) is 0. The van der Waals surface area contributed by atoms with Gasteiger partial charge < -0.3 is 0 Å². The van der Waals surface area contributed by atoms with Crippen LogP contribution in [0, 0.1) is 23.7 Å². The molecule has 3 aliphatic carbocycles. The summed E-state index contributed by atoms with van der Waals surface area (Å²) >= 11 is 0. The fraction of sp³-hybridized carbons (Fsp3) is 0.455. The smallest absolute Gasteiger partial charge is 0.00995 e. The average molecular weight is 288 g/mol. The van der Waals surface area contributed by atoms with E-state index in [4.69, 9.17) is 0 Å². The lowest BCUT2D eigenvalue weighted by atomic mass is 9.62. The molecule has 3 saturated carbocycles. The van der Waals surface area contributed by atoms with Gasteiger partial charge in [-0.05, 0) is 72.3 Å². The van der Waals surface area contributed by atoms with Crippen LogP contribution in [-0.2, 0) is 0 Å². The summed E-state index contributed by atoms with van der Waals surface area (Å²) in [5.74, 6) is 5.40. The predicted octanol–water partition coefficient (Wildman–Crippen LogP) is 5.62. The first kappa shape index (κ1) is 12.9. The maximum absolute atomic E-state index is 2.39. The molecule has 0 amide bonds. The number of hydrogen-bond donors (Lipinski definition) is 0. The SMILES string of the molecule is c1ccc(C2[C@H]3CC[C@H]2[C@@H]2CC[C@@H]3C2c2ccccc2)cc1. The third-order valence-corrected chi connectivity index (χ3v) is 6.98. The quantitative estimate of drug-likeness (QED) is 0.672. The van der Waals surface area contributed by atoms with Gasteiger partial charge in [0.25, 0.3) is 0 Å². The Morgan fingerprint density at radius 2 is 0.773 bits per heavy atom. The summed E-state index contributed by atoms with van der Waals surface area (Å²) in [4.78, 5) is 0. The van der Waals surface area contributed by atoms with E-state index in [0.29, 0.717) is 0 Å². The van der Waals surface area contributed by atoms with E-state index in [1.54, 1.807) is 11.1 Å². The van der Waals surface area contributed by atoms with Crippen LogP contribution in [0.5, 0.6) is 0 Å². The first-order valence-corrected chi connectivity index (χ1v) is 9.03. The molecular formula is C22H24. The number of benzene rings is 2. The molecule has 3 fully saturated rings. The lowest BCUT2D eigenvalue weighted by Gasteiger charge is -2.42. The van der Waals surface area contributed by atoms with Crippen molar-refractivity contribution in [3.8, 4) is 0 Å². The van der Waals surface area contributed by atoms with Crippen LogP contribution in [0.3, 0.4) is 0 Å². The molecule has 4 bridgehead atoms. The van der Waals surface area contributed by atoms with Crippen LogP contribution < -0.4 is 0 Å². The van der Waals surface area contributed by atoms with Gasteiger partial charge in [0.2, 0.25) is 0 Å². The van der Waals surface area contributed by atoms with Crippen molar-refractivity contribution in [3.05, 3.63) is 71.8 Å². The minimum Gasteiger partial charge on any atom is -0.0622 e. The van der Waals surface area contributed by atoms with Gasteiger partial charge in [0.15, 0.2) is 0 Å². The van der Waals surface area contributed by atoms with Crippen LogP contribution in [0.2, 0.25) is 0 Å². The van der Waals surface area contributed by atoms with Crippen molar-refractivity contribution >= 4 is 0 Å². The molecule has 0 aromatic heterocycles. The van der Waals surface area contributed by atoms with Crippen LogP contribution in [-0.4, -0.2) is 0 Å². The zero-order valence-corrected chi connectivity index (χ0v) is 13.1. The van der Waals surface area contributed by atoms with E-state index in [-0.39, 0.29) is 0 Å². The van der Waals surface area contributed by atoms with Crippen molar-refractivity contribution in [2.45, 2.75) is 37.5 Å². The normalized spacial score (nSPS) is 39.1. The molecule has 4 atom stereocenters. The van der Waals surface area contributed by atoms with Crippen LogP contribution in [0.1, 0.15) is 48.6 Å². The van der Waals surface area contributed by atoms with E-state index in [0.717, 1.165) is 35.5 Å². The second-order valence-corrected chi connectivity index (χ2v) is 7.68. The van der Waals surface area contributed by atoms with Gasteiger partial charge in [0.1, 0.15) is 0 Å². The van der Waals surface area contributed by atoms with Gasteiger partial charge in [-0.2, -0.15) is 0 Å². The van der Waals surface area contributed by atoms with E-state index in [1.165, 1.54) is 25.7 Å². The molecule has 0 saturated heterocycles. The van der Waals surface area contributed by atoms with Gasteiger partial charge in [0.05, 0.1) is 0 Å². The minimum absolute atomic E-state index is 0.846. The second kappa shape index (κ2) is 4.98. The summed E-state index contributed by atoms with van der Waals surface area (Å²) < 4.78 is 0. The highest BCUT2D eigenvalue weighted by Gasteiger charge is 2.57. The monoisotopic (exact) mass is 288 g/mol. The van der Waals surface area contributed by atoms with Gasteiger partial charge in [-0.3, -0.25) is 0 Å². The van der Waals surface area contributed by atoms with E-state index in [9.17, 15) is 0 Å². The molecule has 0 unspecified atom stereocenters. The average Bonchev–Trinajstić information content (AvgIpc) is 3.11. The molecule has 0 radical (unpaired) electrons. The van der Waals surface area contributed by atoms with Gasteiger partial charge in [-0.15, -0.1) is 0 Å². The van der Waals surface area contributed by atoms with Crippen LogP contribution in [0.15, 0.2) is 60.7 Å². The topological polar surface area (TPSA) is 0 Å². The van der Waals surface area contributed by atoms with Crippen molar-refractivity contribution in [2.24, 2.45) is 23.7 Å². The first-order valence-electron chi connectivity index (χ1n) is 9.03. The molecule has 3 aliphatic rings. The highest BCUT2D eigenvalue weighted by molar-refractivity contribution is 5.31.